The molecule has 2 saturated heterocycles. The summed E-state index contributed by atoms with van der Waals surface area (Å²) in [6.07, 6.45) is 7.74. The van der Waals surface area contributed by atoms with Crippen LogP contribution in [0.3, 0.4) is 0 Å². The monoisotopic (exact) mass is 280 g/mol. The first-order chi connectivity index (χ1) is 9.47. The van der Waals surface area contributed by atoms with Crippen molar-refractivity contribution in [3.05, 3.63) is 0 Å². The van der Waals surface area contributed by atoms with Crippen LogP contribution in [-0.2, 0) is 14.3 Å². The summed E-state index contributed by atoms with van der Waals surface area (Å²) in [4.78, 5) is 12.2. The van der Waals surface area contributed by atoms with Gasteiger partial charge in [0.25, 0.3) is 0 Å². The zero-order valence-corrected chi connectivity index (χ0v) is 12.4. The molecule has 0 aromatic carbocycles. The Morgan fingerprint density at radius 3 is 2.45 bits per heavy atom. The van der Waals surface area contributed by atoms with E-state index < -0.39 is 23.0 Å². The lowest BCUT2D eigenvalue weighted by Gasteiger charge is -2.43. The molecule has 0 spiro atoms. The average molecular weight is 280 g/mol. The Hall–Kier alpha value is -0.610. The van der Waals surface area contributed by atoms with Crippen LogP contribution in [0.4, 0.5) is 0 Å². The molecule has 0 aromatic rings. The van der Waals surface area contributed by atoms with E-state index in [-0.39, 0.29) is 11.8 Å². The molecule has 4 aliphatic rings. The summed E-state index contributed by atoms with van der Waals surface area (Å²) in [5, 5.41) is 10.0. The molecule has 4 rings (SSSR count). The molecular weight excluding hydrogens is 256 g/mol. The maximum Gasteiger partial charge on any atom is 0.310 e. The predicted molar refractivity (Wildman–Crippen MR) is 71.8 cm³/mol. The smallest absolute Gasteiger partial charge is 0.310 e. The minimum Gasteiger partial charge on any atom is -0.481 e. The van der Waals surface area contributed by atoms with Crippen LogP contribution in [0.25, 0.3) is 0 Å². The first-order valence-corrected chi connectivity index (χ1v) is 8.11. The number of hydrogen-bond donors (Lipinski definition) is 1. The SMILES string of the molecule is CC1CC23OC2(O3)C(C)C1(CC1CCCCC1)C(=O)O. The Labute approximate surface area is 119 Å². The molecule has 0 bridgehead atoms. The largest absolute Gasteiger partial charge is 0.481 e. The lowest BCUT2D eigenvalue weighted by molar-refractivity contribution is -0.166. The van der Waals surface area contributed by atoms with Crippen LogP contribution >= 0.6 is 0 Å². The maximum atomic E-state index is 12.2. The Morgan fingerprint density at radius 2 is 1.85 bits per heavy atom. The van der Waals surface area contributed by atoms with Crippen molar-refractivity contribution in [2.24, 2.45) is 23.2 Å². The van der Waals surface area contributed by atoms with Crippen molar-refractivity contribution in [1.82, 2.24) is 0 Å². The Kier molecular flexibility index (Phi) is 2.47. The molecular formula is C16H24O4. The van der Waals surface area contributed by atoms with Crippen molar-refractivity contribution in [1.29, 1.82) is 0 Å². The Balaban J connectivity index is 1.63. The lowest BCUT2D eigenvalue weighted by Crippen LogP contribution is -2.50. The summed E-state index contributed by atoms with van der Waals surface area (Å²) in [7, 11) is 0. The molecule has 112 valence electrons. The van der Waals surface area contributed by atoms with Crippen LogP contribution in [0.2, 0.25) is 0 Å². The van der Waals surface area contributed by atoms with E-state index in [1.54, 1.807) is 0 Å². The van der Waals surface area contributed by atoms with E-state index >= 15 is 0 Å². The number of ether oxygens (including phenoxy) is 2. The second kappa shape index (κ2) is 3.77. The molecule has 20 heavy (non-hydrogen) atoms. The molecule has 1 N–H and O–H groups in total. The minimum atomic E-state index is -0.668. The first kappa shape index (κ1) is 13.1. The van der Waals surface area contributed by atoms with Gasteiger partial charge in [0, 0.05) is 12.3 Å². The Morgan fingerprint density at radius 1 is 1.20 bits per heavy atom. The summed E-state index contributed by atoms with van der Waals surface area (Å²) < 4.78 is 11.5. The van der Waals surface area contributed by atoms with Crippen molar-refractivity contribution in [2.75, 3.05) is 0 Å². The van der Waals surface area contributed by atoms with Gasteiger partial charge < -0.3 is 14.6 Å². The topological polar surface area (TPSA) is 62.4 Å². The van der Waals surface area contributed by atoms with Gasteiger partial charge in [0.05, 0.1) is 5.41 Å². The van der Waals surface area contributed by atoms with Crippen LogP contribution in [0.1, 0.15) is 58.8 Å². The third kappa shape index (κ3) is 1.37. The van der Waals surface area contributed by atoms with E-state index in [1.807, 2.05) is 6.92 Å². The predicted octanol–water partition coefficient (Wildman–Crippen LogP) is 3.16. The number of carboxylic acids is 1. The van der Waals surface area contributed by atoms with Crippen molar-refractivity contribution < 1.29 is 19.4 Å². The fourth-order valence-electron chi connectivity index (χ4n) is 5.26. The van der Waals surface area contributed by atoms with Crippen LogP contribution in [0, 0.1) is 23.2 Å². The van der Waals surface area contributed by atoms with Crippen molar-refractivity contribution in [3.63, 3.8) is 0 Å². The number of carboxylic acid groups (broad SMARTS) is 1. The standard InChI is InChI=1S/C16H24O4/c1-10-8-15-16(19-15,20-15)11(2)14(10,13(17)18)9-12-6-4-3-5-7-12/h10-12H,3-9H2,1-2H3,(H,17,18). The third-order valence-electron chi connectivity index (χ3n) is 6.63. The highest BCUT2D eigenvalue weighted by Gasteiger charge is 2.97. The second-order valence-corrected chi connectivity index (χ2v) is 7.51. The van der Waals surface area contributed by atoms with Gasteiger partial charge >= 0.3 is 5.97 Å². The van der Waals surface area contributed by atoms with Crippen molar-refractivity contribution in [3.8, 4) is 0 Å². The highest BCUT2D eigenvalue weighted by molar-refractivity contribution is 5.76. The number of aliphatic carboxylic acids is 1. The minimum absolute atomic E-state index is 0.0434. The molecule has 2 saturated carbocycles. The molecule has 4 heteroatoms. The molecule has 4 nitrogen and oxygen atoms in total. The van der Waals surface area contributed by atoms with E-state index in [2.05, 4.69) is 6.92 Å². The van der Waals surface area contributed by atoms with Crippen molar-refractivity contribution in [2.45, 2.75) is 70.4 Å². The van der Waals surface area contributed by atoms with Crippen molar-refractivity contribution >= 4 is 5.97 Å². The summed E-state index contributed by atoms with van der Waals surface area (Å²) in [5.74, 6) is -0.930. The van der Waals surface area contributed by atoms with E-state index in [1.165, 1.54) is 32.1 Å². The maximum absolute atomic E-state index is 12.2. The molecule has 0 radical (unpaired) electrons. The fourth-order valence-corrected chi connectivity index (χ4v) is 5.26. The normalized spacial score (nSPS) is 53.9. The van der Waals surface area contributed by atoms with Gasteiger partial charge in [-0.2, -0.15) is 0 Å². The number of hydrogen-bond acceptors (Lipinski definition) is 3. The van der Waals surface area contributed by atoms with Crippen LogP contribution in [0.5, 0.6) is 0 Å². The number of epoxide rings is 2. The van der Waals surface area contributed by atoms with Gasteiger partial charge in [-0.15, -0.1) is 0 Å². The molecule has 3 atom stereocenters. The summed E-state index contributed by atoms with van der Waals surface area (Å²) in [6.45, 7) is 4.11. The van der Waals surface area contributed by atoms with E-state index in [0.29, 0.717) is 5.92 Å². The molecule has 3 unspecified atom stereocenters. The van der Waals surface area contributed by atoms with Gasteiger partial charge in [-0.25, -0.2) is 0 Å². The zero-order chi connectivity index (χ0) is 14.2. The third-order valence-corrected chi connectivity index (χ3v) is 6.63. The first-order valence-electron chi connectivity index (χ1n) is 8.11. The average Bonchev–Trinajstić information content (AvgIpc) is 3.22. The Bertz CT molecular complexity index is 447. The molecule has 0 amide bonds. The highest BCUT2D eigenvalue weighted by Crippen LogP contribution is 2.80. The second-order valence-electron chi connectivity index (χ2n) is 7.51. The quantitative estimate of drug-likeness (QED) is 0.807. The fraction of sp³-hybridized carbons (Fsp3) is 0.938. The molecule has 4 fully saturated rings. The van der Waals surface area contributed by atoms with E-state index in [9.17, 15) is 9.90 Å². The van der Waals surface area contributed by atoms with Gasteiger partial charge in [0.1, 0.15) is 0 Å². The van der Waals surface area contributed by atoms with Crippen LogP contribution < -0.4 is 0 Å². The molecule has 2 aliphatic heterocycles. The number of rotatable bonds is 3. The summed E-state index contributed by atoms with van der Waals surface area (Å²) in [5.41, 5.74) is -0.668. The lowest BCUT2D eigenvalue weighted by atomic mass is 9.57. The summed E-state index contributed by atoms with van der Waals surface area (Å²) >= 11 is 0. The molecule has 2 heterocycles. The zero-order valence-electron chi connectivity index (χ0n) is 12.4. The van der Waals surface area contributed by atoms with Gasteiger partial charge in [-0.05, 0) is 18.3 Å². The van der Waals surface area contributed by atoms with E-state index in [4.69, 9.17) is 9.47 Å². The molecule has 0 aromatic heterocycles. The number of carbonyl (C=O) groups is 1. The van der Waals surface area contributed by atoms with Crippen LogP contribution in [0.15, 0.2) is 0 Å². The van der Waals surface area contributed by atoms with Crippen LogP contribution in [-0.4, -0.2) is 22.7 Å². The van der Waals surface area contributed by atoms with E-state index in [0.717, 1.165) is 12.8 Å². The van der Waals surface area contributed by atoms with Gasteiger partial charge in [0.15, 0.2) is 0 Å². The molecule has 2 aliphatic carbocycles. The van der Waals surface area contributed by atoms with Gasteiger partial charge in [0.2, 0.25) is 11.6 Å². The summed E-state index contributed by atoms with van der Waals surface area (Å²) in [6, 6.07) is 0. The van der Waals surface area contributed by atoms with Gasteiger partial charge in [-0.1, -0.05) is 46.0 Å². The highest BCUT2D eigenvalue weighted by atomic mass is 17.0. The van der Waals surface area contributed by atoms with Gasteiger partial charge in [-0.3, -0.25) is 4.79 Å².